The molecule has 0 spiro atoms. The van der Waals surface area contributed by atoms with E-state index in [-0.39, 0.29) is 0 Å². The van der Waals surface area contributed by atoms with E-state index in [0.29, 0.717) is 18.8 Å². The first kappa shape index (κ1) is 25.9. The fraction of sp³-hybridized carbons (Fsp3) is 0.0909. The molecular formula is C33H25F3N2OS. The number of hydrogen-bond acceptors (Lipinski definition) is 4. The van der Waals surface area contributed by atoms with Crippen LogP contribution in [0.25, 0.3) is 0 Å². The first-order valence-corrected chi connectivity index (χ1v) is 13.6. The van der Waals surface area contributed by atoms with Crippen LogP contribution < -0.4 is 15.0 Å². The van der Waals surface area contributed by atoms with Gasteiger partial charge in [-0.3, -0.25) is 0 Å². The van der Waals surface area contributed by atoms with Crippen LogP contribution in [0.5, 0.6) is 11.5 Å². The van der Waals surface area contributed by atoms with Crippen LogP contribution in [0, 0.1) is 0 Å². The van der Waals surface area contributed by atoms with Gasteiger partial charge in [0.1, 0.15) is 11.5 Å². The summed E-state index contributed by atoms with van der Waals surface area (Å²) in [7, 11) is 0. The SMILES string of the molecule is FC(F)(F)c1ccc2c(c1)N(Cc1ccc(CNc3cccc(Oc4ccccc4)c3)cc1)c1ccccc1S2. The van der Waals surface area contributed by atoms with Crippen LogP contribution in [-0.2, 0) is 19.3 Å². The van der Waals surface area contributed by atoms with Crippen LogP contribution in [0.15, 0.2) is 131 Å². The molecule has 0 aliphatic carbocycles. The fourth-order valence-electron chi connectivity index (χ4n) is 4.62. The quantitative estimate of drug-likeness (QED) is 0.216. The van der Waals surface area contributed by atoms with Crippen LogP contribution in [0.2, 0.25) is 0 Å². The number of halogens is 3. The third-order valence-electron chi connectivity index (χ3n) is 6.63. The van der Waals surface area contributed by atoms with Crippen molar-refractivity contribution in [1.82, 2.24) is 0 Å². The van der Waals surface area contributed by atoms with E-state index in [1.165, 1.54) is 17.8 Å². The largest absolute Gasteiger partial charge is 0.457 e. The van der Waals surface area contributed by atoms with Crippen molar-refractivity contribution in [2.45, 2.75) is 29.1 Å². The van der Waals surface area contributed by atoms with Gasteiger partial charge in [0.05, 0.1) is 16.9 Å². The van der Waals surface area contributed by atoms with Crippen molar-refractivity contribution in [2.24, 2.45) is 0 Å². The number of ether oxygens (including phenoxy) is 1. The zero-order valence-electron chi connectivity index (χ0n) is 21.4. The number of hydrogen-bond donors (Lipinski definition) is 1. The molecule has 3 nitrogen and oxygen atoms in total. The van der Waals surface area contributed by atoms with E-state index in [1.54, 1.807) is 6.07 Å². The lowest BCUT2D eigenvalue weighted by molar-refractivity contribution is -0.137. The highest BCUT2D eigenvalue weighted by Gasteiger charge is 2.33. The lowest BCUT2D eigenvalue weighted by Gasteiger charge is -2.33. The molecule has 1 N–H and O–H groups in total. The number of nitrogens with one attached hydrogen (secondary N) is 1. The smallest absolute Gasteiger partial charge is 0.416 e. The van der Waals surface area contributed by atoms with Gasteiger partial charge in [-0.15, -0.1) is 0 Å². The minimum atomic E-state index is -4.40. The Hall–Kier alpha value is -4.36. The number of benzene rings is 5. The van der Waals surface area contributed by atoms with Gasteiger partial charge in [-0.1, -0.05) is 72.4 Å². The molecule has 0 radical (unpaired) electrons. The summed E-state index contributed by atoms with van der Waals surface area (Å²) in [5.74, 6) is 1.53. The molecule has 200 valence electrons. The van der Waals surface area contributed by atoms with Gasteiger partial charge in [-0.25, -0.2) is 0 Å². The van der Waals surface area contributed by atoms with Crippen molar-refractivity contribution in [2.75, 3.05) is 10.2 Å². The minimum absolute atomic E-state index is 0.457. The monoisotopic (exact) mass is 554 g/mol. The Morgan fingerprint density at radius 2 is 1.35 bits per heavy atom. The summed E-state index contributed by atoms with van der Waals surface area (Å²) in [6.45, 7) is 1.08. The summed E-state index contributed by atoms with van der Waals surface area (Å²) in [4.78, 5) is 3.81. The molecule has 5 aromatic rings. The summed E-state index contributed by atoms with van der Waals surface area (Å²) < 4.78 is 46.5. The third kappa shape index (κ3) is 5.80. The number of anilines is 3. The van der Waals surface area contributed by atoms with Crippen molar-refractivity contribution in [3.8, 4) is 11.5 Å². The van der Waals surface area contributed by atoms with Crippen molar-refractivity contribution in [3.63, 3.8) is 0 Å². The van der Waals surface area contributed by atoms with E-state index in [1.807, 2.05) is 108 Å². The van der Waals surface area contributed by atoms with E-state index in [2.05, 4.69) is 5.32 Å². The standard InChI is InChI=1S/C33H25F3N2OS/c34-33(35,36)25-17-18-32-30(19-25)38(29-11-4-5-12-31(29)40-32)22-24-15-13-23(14-16-24)21-37-26-7-6-10-28(20-26)39-27-8-2-1-3-9-27/h1-20,37H,21-22H2. The number of nitrogens with zero attached hydrogens (tertiary/aromatic N) is 1. The molecule has 0 atom stereocenters. The zero-order chi connectivity index (χ0) is 27.5. The highest BCUT2D eigenvalue weighted by Crippen LogP contribution is 2.50. The van der Waals surface area contributed by atoms with Crippen LogP contribution >= 0.6 is 11.8 Å². The van der Waals surface area contributed by atoms with Crippen molar-refractivity contribution in [1.29, 1.82) is 0 Å². The van der Waals surface area contributed by atoms with E-state index >= 15 is 0 Å². The molecule has 0 amide bonds. The lowest BCUT2D eigenvalue weighted by atomic mass is 10.1. The Balaban J connectivity index is 1.17. The van der Waals surface area contributed by atoms with Crippen molar-refractivity contribution in [3.05, 3.63) is 138 Å². The normalized spacial score (nSPS) is 12.4. The maximum atomic E-state index is 13.5. The molecule has 0 unspecified atom stereocenters. The number of alkyl halides is 3. The molecule has 1 heterocycles. The summed E-state index contributed by atoms with van der Waals surface area (Å²) in [6, 6.07) is 37.4. The number of fused-ring (bicyclic) bond motifs is 2. The molecule has 1 aliphatic rings. The molecule has 1 aliphatic heterocycles. The van der Waals surface area contributed by atoms with Gasteiger partial charge in [-0.2, -0.15) is 13.2 Å². The molecule has 40 heavy (non-hydrogen) atoms. The van der Waals surface area contributed by atoms with Gasteiger partial charge in [0.25, 0.3) is 0 Å². The summed E-state index contributed by atoms with van der Waals surface area (Å²) in [6.07, 6.45) is -4.40. The second-order valence-electron chi connectivity index (χ2n) is 9.45. The van der Waals surface area contributed by atoms with Gasteiger partial charge in [0, 0.05) is 34.6 Å². The van der Waals surface area contributed by atoms with E-state index in [4.69, 9.17) is 4.74 Å². The predicted molar refractivity (Wildman–Crippen MR) is 155 cm³/mol. The first-order valence-electron chi connectivity index (χ1n) is 12.8. The molecule has 0 fully saturated rings. The fourth-order valence-corrected chi connectivity index (χ4v) is 5.70. The third-order valence-corrected chi connectivity index (χ3v) is 7.76. The maximum Gasteiger partial charge on any atom is 0.416 e. The molecule has 6 rings (SSSR count). The van der Waals surface area contributed by atoms with E-state index < -0.39 is 11.7 Å². The number of para-hydroxylation sites is 2. The molecule has 7 heteroatoms. The number of rotatable bonds is 7. The van der Waals surface area contributed by atoms with Gasteiger partial charge in [0.15, 0.2) is 0 Å². The van der Waals surface area contributed by atoms with Gasteiger partial charge < -0.3 is 15.0 Å². The van der Waals surface area contributed by atoms with Gasteiger partial charge >= 0.3 is 6.18 Å². The lowest BCUT2D eigenvalue weighted by Crippen LogP contribution is -2.21. The maximum absolute atomic E-state index is 13.5. The van der Waals surface area contributed by atoms with Crippen LogP contribution in [0.4, 0.5) is 30.2 Å². The molecule has 5 aromatic carbocycles. The van der Waals surface area contributed by atoms with Gasteiger partial charge in [-0.05, 0) is 65.7 Å². The zero-order valence-corrected chi connectivity index (χ0v) is 22.2. The molecular weight excluding hydrogens is 529 g/mol. The van der Waals surface area contributed by atoms with Crippen molar-refractivity contribution < 1.29 is 17.9 Å². The Morgan fingerprint density at radius 1 is 0.650 bits per heavy atom. The molecule has 0 aromatic heterocycles. The Labute approximate surface area is 235 Å². The second-order valence-corrected chi connectivity index (χ2v) is 10.5. The average Bonchev–Trinajstić information content (AvgIpc) is 2.97. The Bertz CT molecular complexity index is 1620. The van der Waals surface area contributed by atoms with Crippen LogP contribution in [-0.4, -0.2) is 0 Å². The minimum Gasteiger partial charge on any atom is -0.457 e. The molecule has 0 saturated carbocycles. The average molecular weight is 555 g/mol. The summed E-state index contributed by atoms with van der Waals surface area (Å²) >= 11 is 1.50. The second kappa shape index (κ2) is 11.0. The highest BCUT2D eigenvalue weighted by atomic mass is 32.2. The summed E-state index contributed by atoms with van der Waals surface area (Å²) in [5.41, 5.74) is 3.87. The molecule has 0 bridgehead atoms. The van der Waals surface area contributed by atoms with Crippen LogP contribution in [0.3, 0.4) is 0 Å². The summed E-state index contributed by atoms with van der Waals surface area (Å²) in [5, 5.41) is 3.43. The Morgan fingerprint density at radius 3 is 2.15 bits per heavy atom. The van der Waals surface area contributed by atoms with Crippen LogP contribution in [0.1, 0.15) is 16.7 Å². The molecule has 0 saturated heterocycles. The highest BCUT2D eigenvalue weighted by molar-refractivity contribution is 7.99. The van der Waals surface area contributed by atoms with E-state index in [9.17, 15) is 13.2 Å². The van der Waals surface area contributed by atoms with Crippen molar-refractivity contribution >= 4 is 28.8 Å². The van der Waals surface area contributed by atoms with Gasteiger partial charge in [0.2, 0.25) is 0 Å². The Kier molecular flexibility index (Phi) is 7.13. The first-order chi connectivity index (χ1) is 19.4. The predicted octanol–water partition coefficient (Wildman–Crippen LogP) is 9.91. The topological polar surface area (TPSA) is 24.5 Å². The van der Waals surface area contributed by atoms with E-state index in [0.717, 1.165) is 49.9 Å².